The number of benzene rings is 2. The molecule has 0 aliphatic carbocycles. The molecule has 0 heterocycles. The summed E-state index contributed by atoms with van der Waals surface area (Å²) in [6.07, 6.45) is 0. The summed E-state index contributed by atoms with van der Waals surface area (Å²) in [5, 5.41) is 0.682. The van der Waals surface area contributed by atoms with Crippen molar-refractivity contribution >= 4 is 29.1 Å². The molecule has 0 saturated heterocycles. The fourth-order valence-electron chi connectivity index (χ4n) is 1.91. The lowest BCUT2D eigenvalue weighted by Crippen LogP contribution is -2.10. The molecule has 0 spiro atoms. The number of halogens is 1. The smallest absolute Gasteiger partial charge is 0.0467 e. The molecule has 0 aliphatic rings. The van der Waals surface area contributed by atoms with E-state index in [9.17, 15) is 0 Å². The molecule has 106 valence electrons. The number of anilines is 1. The van der Waals surface area contributed by atoms with E-state index in [1.54, 1.807) is 17.8 Å². The Kier molecular flexibility index (Phi) is 4.66. The van der Waals surface area contributed by atoms with E-state index in [0.717, 1.165) is 16.3 Å². The Labute approximate surface area is 130 Å². The van der Waals surface area contributed by atoms with Gasteiger partial charge in [-0.25, -0.2) is 0 Å². The van der Waals surface area contributed by atoms with Gasteiger partial charge in [-0.3, -0.25) is 0 Å². The number of nitrogens with two attached hydrogens (primary N) is 1. The highest BCUT2D eigenvalue weighted by molar-refractivity contribution is 7.98. The van der Waals surface area contributed by atoms with Gasteiger partial charge in [-0.15, -0.1) is 11.8 Å². The first-order valence-corrected chi connectivity index (χ1v) is 8.00. The molecule has 0 radical (unpaired) electrons. The maximum atomic E-state index is 5.96. The second kappa shape index (κ2) is 6.11. The first kappa shape index (κ1) is 15.3. The van der Waals surface area contributed by atoms with Crippen LogP contribution in [0.4, 0.5) is 5.69 Å². The van der Waals surface area contributed by atoms with Crippen LogP contribution in [0.5, 0.6) is 0 Å². The number of hydrogen-bond donors (Lipinski definition) is 1. The van der Waals surface area contributed by atoms with Crippen molar-refractivity contribution < 1.29 is 0 Å². The van der Waals surface area contributed by atoms with Crippen molar-refractivity contribution in [2.75, 3.05) is 5.73 Å². The van der Waals surface area contributed by atoms with E-state index in [0.29, 0.717) is 5.02 Å². The van der Waals surface area contributed by atoms with E-state index >= 15 is 0 Å². The summed E-state index contributed by atoms with van der Waals surface area (Å²) in [4.78, 5) is 1.08. The molecule has 2 aromatic rings. The Morgan fingerprint density at radius 2 is 1.70 bits per heavy atom. The third kappa shape index (κ3) is 3.94. The standard InChI is InChI=1S/C17H20ClNS/c1-17(2,3)13-6-4-12(5-7-13)11-20-16-9-8-14(18)10-15(16)19/h4-10H,11,19H2,1-3H3. The monoisotopic (exact) mass is 305 g/mol. The Morgan fingerprint density at radius 3 is 2.25 bits per heavy atom. The zero-order chi connectivity index (χ0) is 14.8. The predicted molar refractivity (Wildman–Crippen MR) is 90.6 cm³/mol. The molecule has 2 N–H and O–H groups in total. The van der Waals surface area contributed by atoms with Crippen molar-refractivity contribution in [1.82, 2.24) is 0 Å². The first-order valence-electron chi connectivity index (χ1n) is 6.63. The first-order chi connectivity index (χ1) is 9.36. The highest BCUT2D eigenvalue weighted by Crippen LogP contribution is 2.30. The quantitative estimate of drug-likeness (QED) is 0.597. The van der Waals surface area contributed by atoms with Crippen molar-refractivity contribution in [2.24, 2.45) is 0 Å². The van der Waals surface area contributed by atoms with E-state index in [-0.39, 0.29) is 5.41 Å². The minimum atomic E-state index is 0.201. The van der Waals surface area contributed by atoms with Gasteiger partial charge in [-0.05, 0) is 34.7 Å². The summed E-state index contributed by atoms with van der Waals surface area (Å²) in [5.41, 5.74) is 9.57. The average molecular weight is 306 g/mol. The minimum Gasteiger partial charge on any atom is -0.398 e. The normalized spacial score (nSPS) is 11.6. The molecule has 0 aromatic heterocycles. The van der Waals surface area contributed by atoms with Crippen molar-refractivity contribution in [1.29, 1.82) is 0 Å². The molecule has 20 heavy (non-hydrogen) atoms. The average Bonchev–Trinajstić information content (AvgIpc) is 2.37. The lowest BCUT2D eigenvalue weighted by Gasteiger charge is -2.19. The predicted octanol–water partition coefficient (Wildman–Crippen LogP) is 5.51. The van der Waals surface area contributed by atoms with Gasteiger partial charge < -0.3 is 5.73 Å². The van der Waals surface area contributed by atoms with Crippen molar-refractivity contribution in [3.63, 3.8) is 0 Å². The van der Waals surface area contributed by atoms with Gasteiger partial charge in [0.25, 0.3) is 0 Å². The second-order valence-electron chi connectivity index (χ2n) is 5.92. The fourth-order valence-corrected chi connectivity index (χ4v) is 3.00. The van der Waals surface area contributed by atoms with Crippen LogP contribution in [-0.4, -0.2) is 0 Å². The van der Waals surface area contributed by atoms with E-state index in [2.05, 4.69) is 45.0 Å². The zero-order valence-corrected chi connectivity index (χ0v) is 13.7. The highest BCUT2D eigenvalue weighted by Gasteiger charge is 2.12. The van der Waals surface area contributed by atoms with Gasteiger partial charge in [0.2, 0.25) is 0 Å². The molecule has 2 rings (SSSR count). The Hall–Kier alpha value is -1.12. The van der Waals surface area contributed by atoms with Gasteiger partial charge in [-0.1, -0.05) is 56.6 Å². The van der Waals surface area contributed by atoms with Gasteiger partial charge in [0.1, 0.15) is 0 Å². The summed E-state index contributed by atoms with van der Waals surface area (Å²) in [5.74, 6) is 0.913. The lowest BCUT2D eigenvalue weighted by molar-refractivity contribution is 0.590. The number of rotatable bonds is 3. The fraction of sp³-hybridized carbons (Fsp3) is 0.294. The van der Waals surface area contributed by atoms with Gasteiger partial charge in [0, 0.05) is 21.4 Å². The summed E-state index contributed by atoms with van der Waals surface area (Å²) < 4.78 is 0. The number of nitrogen functional groups attached to an aromatic ring is 1. The minimum absolute atomic E-state index is 0.201. The van der Waals surface area contributed by atoms with E-state index in [1.165, 1.54) is 11.1 Å². The van der Waals surface area contributed by atoms with Gasteiger partial charge in [0.05, 0.1) is 0 Å². The Balaban J connectivity index is 2.04. The molecule has 0 bridgehead atoms. The van der Waals surface area contributed by atoms with Crippen molar-refractivity contribution in [3.8, 4) is 0 Å². The van der Waals surface area contributed by atoms with Crippen LogP contribution in [0, 0.1) is 0 Å². The molecule has 3 heteroatoms. The molecule has 0 aliphatic heterocycles. The van der Waals surface area contributed by atoms with Gasteiger partial charge in [-0.2, -0.15) is 0 Å². The molecule has 2 aromatic carbocycles. The van der Waals surface area contributed by atoms with Crippen LogP contribution in [0.2, 0.25) is 5.02 Å². The molecule has 0 saturated carbocycles. The van der Waals surface area contributed by atoms with Crippen molar-refractivity contribution in [3.05, 3.63) is 58.6 Å². The molecule has 0 fully saturated rings. The summed E-state index contributed by atoms with van der Waals surface area (Å²) in [7, 11) is 0. The van der Waals surface area contributed by atoms with Crippen LogP contribution < -0.4 is 5.73 Å². The van der Waals surface area contributed by atoms with Gasteiger partial charge >= 0.3 is 0 Å². The maximum absolute atomic E-state index is 5.96. The second-order valence-corrected chi connectivity index (χ2v) is 7.37. The van der Waals surface area contributed by atoms with Crippen LogP contribution in [0.1, 0.15) is 31.9 Å². The molecule has 0 atom stereocenters. The van der Waals surface area contributed by atoms with E-state index < -0.39 is 0 Å². The topological polar surface area (TPSA) is 26.0 Å². The maximum Gasteiger partial charge on any atom is 0.0467 e. The van der Waals surface area contributed by atoms with Crippen LogP contribution in [0.15, 0.2) is 47.4 Å². The van der Waals surface area contributed by atoms with E-state index in [1.807, 2.05) is 12.1 Å². The highest BCUT2D eigenvalue weighted by atomic mass is 35.5. The summed E-state index contributed by atoms with van der Waals surface area (Å²) >= 11 is 7.64. The summed E-state index contributed by atoms with van der Waals surface area (Å²) in [6.45, 7) is 6.68. The molecule has 0 unspecified atom stereocenters. The lowest BCUT2D eigenvalue weighted by atomic mass is 9.87. The third-order valence-corrected chi connectivity index (χ3v) is 4.58. The molecular weight excluding hydrogens is 286 g/mol. The van der Waals surface area contributed by atoms with Crippen molar-refractivity contribution in [2.45, 2.75) is 36.8 Å². The molecule has 0 amide bonds. The largest absolute Gasteiger partial charge is 0.398 e. The number of thioether (sulfide) groups is 1. The van der Waals surface area contributed by atoms with Crippen LogP contribution in [0.3, 0.4) is 0 Å². The van der Waals surface area contributed by atoms with Crippen LogP contribution in [0.25, 0.3) is 0 Å². The zero-order valence-electron chi connectivity index (χ0n) is 12.1. The third-order valence-electron chi connectivity index (χ3n) is 3.19. The van der Waals surface area contributed by atoms with Crippen LogP contribution >= 0.6 is 23.4 Å². The molecule has 1 nitrogen and oxygen atoms in total. The van der Waals surface area contributed by atoms with Gasteiger partial charge in [0.15, 0.2) is 0 Å². The number of hydrogen-bond acceptors (Lipinski definition) is 2. The summed E-state index contributed by atoms with van der Waals surface area (Å²) in [6, 6.07) is 14.5. The van der Waals surface area contributed by atoms with E-state index in [4.69, 9.17) is 17.3 Å². The van der Waals surface area contributed by atoms with Crippen LogP contribution in [-0.2, 0) is 11.2 Å². The SMILES string of the molecule is CC(C)(C)c1ccc(CSc2ccc(Cl)cc2N)cc1. The Morgan fingerprint density at radius 1 is 1.05 bits per heavy atom. The Bertz CT molecular complexity index is 585. The molecular formula is C17H20ClNS.